The van der Waals surface area contributed by atoms with Gasteiger partial charge in [-0.15, -0.1) is 0 Å². The molecule has 3 rings (SSSR count). The van der Waals surface area contributed by atoms with Gasteiger partial charge in [0.2, 0.25) is 0 Å². The summed E-state index contributed by atoms with van der Waals surface area (Å²) >= 11 is 6.17. The van der Waals surface area contributed by atoms with Gasteiger partial charge in [-0.05, 0) is 48.4 Å². The van der Waals surface area contributed by atoms with Gasteiger partial charge >= 0.3 is 0 Å². The Hall–Kier alpha value is -3.75. The van der Waals surface area contributed by atoms with Crippen LogP contribution >= 0.6 is 11.6 Å². The lowest BCUT2D eigenvalue weighted by Crippen LogP contribution is -2.14. The van der Waals surface area contributed by atoms with Crippen LogP contribution in [0, 0.1) is 18.3 Å². The highest BCUT2D eigenvalue weighted by atomic mass is 35.5. The number of nitrogens with one attached hydrogen (secondary N) is 1. The minimum absolute atomic E-state index is 0.0185. The molecule has 0 saturated heterocycles. The number of benzene rings is 3. The molecule has 0 heterocycles. The third-order valence-electron chi connectivity index (χ3n) is 4.60. The number of methoxy groups -OCH3 is 1. The van der Waals surface area contributed by atoms with Crippen molar-refractivity contribution >= 4 is 29.3 Å². The Balaban J connectivity index is 1.77. The van der Waals surface area contributed by atoms with Gasteiger partial charge in [0, 0.05) is 16.3 Å². The number of aryl methyl sites for hydroxylation is 1. The molecule has 0 saturated carbocycles. The predicted octanol–water partition coefficient (Wildman–Crippen LogP) is 5.78. The summed E-state index contributed by atoms with van der Waals surface area (Å²) < 4.78 is 11.3. The van der Waals surface area contributed by atoms with E-state index < -0.39 is 5.91 Å². The molecule has 0 bridgehead atoms. The number of anilines is 1. The number of nitriles is 1. The van der Waals surface area contributed by atoms with E-state index in [2.05, 4.69) is 5.32 Å². The average Bonchev–Trinajstić information content (AvgIpc) is 2.78. The van der Waals surface area contributed by atoms with Gasteiger partial charge < -0.3 is 14.8 Å². The SMILES string of the molecule is COc1cc(/C=C(\C#N)C(=O)Nc2ccccc2C)ccc1OCc1ccccc1Cl. The maximum absolute atomic E-state index is 12.5. The van der Waals surface area contributed by atoms with E-state index >= 15 is 0 Å². The van der Waals surface area contributed by atoms with Gasteiger partial charge in [-0.3, -0.25) is 4.79 Å². The van der Waals surface area contributed by atoms with E-state index in [9.17, 15) is 10.1 Å². The maximum atomic E-state index is 12.5. The fourth-order valence-electron chi connectivity index (χ4n) is 2.88. The number of amides is 1. The number of hydrogen-bond acceptors (Lipinski definition) is 4. The predicted molar refractivity (Wildman–Crippen MR) is 122 cm³/mol. The second-order valence-electron chi connectivity index (χ2n) is 6.73. The highest BCUT2D eigenvalue weighted by molar-refractivity contribution is 6.31. The number of nitrogens with zero attached hydrogens (tertiary/aromatic N) is 1. The summed E-state index contributed by atoms with van der Waals surface area (Å²) in [5.74, 6) is 0.537. The van der Waals surface area contributed by atoms with E-state index in [0.717, 1.165) is 11.1 Å². The molecule has 1 amide bonds. The summed E-state index contributed by atoms with van der Waals surface area (Å²) in [6.45, 7) is 2.17. The third-order valence-corrected chi connectivity index (χ3v) is 4.97. The van der Waals surface area contributed by atoms with Crippen molar-refractivity contribution in [1.29, 1.82) is 5.26 Å². The summed E-state index contributed by atoms with van der Waals surface area (Å²) in [4.78, 5) is 12.5. The van der Waals surface area contributed by atoms with E-state index in [1.54, 1.807) is 30.3 Å². The maximum Gasteiger partial charge on any atom is 0.266 e. The van der Waals surface area contributed by atoms with Crippen LogP contribution in [0.1, 0.15) is 16.7 Å². The van der Waals surface area contributed by atoms with Crippen LogP contribution in [0.5, 0.6) is 11.5 Å². The monoisotopic (exact) mass is 432 g/mol. The quantitative estimate of drug-likeness (QED) is 0.379. The smallest absolute Gasteiger partial charge is 0.266 e. The van der Waals surface area contributed by atoms with Crippen LogP contribution in [0.15, 0.2) is 72.3 Å². The lowest BCUT2D eigenvalue weighted by atomic mass is 10.1. The van der Waals surface area contributed by atoms with Crippen molar-refractivity contribution in [3.8, 4) is 17.6 Å². The Morgan fingerprint density at radius 1 is 1.10 bits per heavy atom. The Morgan fingerprint density at radius 3 is 2.55 bits per heavy atom. The Bertz CT molecular complexity index is 1170. The molecule has 5 nitrogen and oxygen atoms in total. The van der Waals surface area contributed by atoms with E-state index in [1.807, 2.05) is 49.4 Å². The number of carbonyl (C=O) groups is 1. The van der Waals surface area contributed by atoms with Crippen LogP contribution < -0.4 is 14.8 Å². The van der Waals surface area contributed by atoms with Crippen LogP contribution in [0.4, 0.5) is 5.69 Å². The van der Waals surface area contributed by atoms with Crippen LogP contribution in [0.25, 0.3) is 6.08 Å². The van der Waals surface area contributed by atoms with E-state index in [1.165, 1.54) is 13.2 Å². The summed E-state index contributed by atoms with van der Waals surface area (Å²) in [7, 11) is 1.53. The second kappa shape index (κ2) is 10.3. The highest BCUT2D eigenvalue weighted by Crippen LogP contribution is 2.30. The molecule has 0 fully saturated rings. The standard InChI is InChI=1S/C25H21ClN2O3/c1-17-7-3-6-10-22(17)28-25(29)20(15-27)13-18-11-12-23(24(14-18)30-2)31-16-19-8-4-5-9-21(19)26/h3-14H,16H2,1-2H3,(H,28,29)/b20-13+. The van der Waals surface area contributed by atoms with Gasteiger partial charge in [0.05, 0.1) is 7.11 Å². The molecule has 31 heavy (non-hydrogen) atoms. The molecule has 156 valence electrons. The topological polar surface area (TPSA) is 71.3 Å². The van der Waals surface area contributed by atoms with Crippen LogP contribution in [-0.2, 0) is 11.4 Å². The molecule has 0 unspecified atom stereocenters. The van der Waals surface area contributed by atoms with Gasteiger partial charge in [0.25, 0.3) is 5.91 Å². The number of ether oxygens (including phenoxy) is 2. The lowest BCUT2D eigenvalue weighted by Gasteiger charge is -2.12. The molecule has 0 aliphatic carbocycles. The van der Waals surface area contributed by atoms with E-state index in [-0.39, 0.29) is 12.2 Å². The summed E-state index contributed by atoms with van der Waals surface area (Å²) in [6.07, 6.45) is 1.51. The zero-order valence-corrected chi connectivity index (χ0v) is 17.9. The normalized spacial score (nSPS) is 10.8. The van der Waals surface area contributed by atoms with Crippen molar-refractivity contribution in [1.82, 2.24) is 0 Å². The molecule has 0 spiro atoms. The lowest BCUT2D eigenvalue weighted by molar-refractivity contribution is -0.112. The number of para-hydroxylation sites is 1. The first-order valence-corrected chi connectivity index (χ1v) is 9.92. The fraction of sp³-hybridized carbons (Fsp3) is 0.120. The summed E-state index contributed by atoms with van der Waals surface area (Å²) in [6, 6.07) is 22.0. The van der Waals surface area contributed by atoms with Crippen molar-refractivity contribution < 1.29 is 14.3 Å². The Kier molecular flexibility index (Phi) is 7.31. The van der Waals surface area contributed by atoms with Gasteiger partial charge in [0.1, 0.15) is 18.2 Å². The zero-order valence-electron chi connectivity index (χ0n) is 17.2. The molecule has 0 aliphatic heterocycles. The molecular formula is C25H21ClN2O3. The van der Waals surface area contributed by atoms with Gasteiger partial charge in [0.15, 0.2) is 11.5 Å². The highest BCUT2D eigenvalue weighted by Gasteiger charge is 2.12. The van der Waals surface area contributed by atoms with Crippen molar-refractivity contribution in [3.05, 3.63) is 94.0 Å². The molecule has 1 N–H and O–H groups in total. The van der Waals surface area contributed by atoms with E-state index in [0.29, 0.717) is 27.8 Å². The molecule has 3 aromatic carbocycles. The first kappa shape index (κ1) is 21.9. The molecule has 0 radical (unpaired) electrons. The second-order valence-corrected chi connectivity index (χ2v) is 7.14. The summed E-state index contributed by atoms with van der Waals surface area (Å²) in [5, 5.41) is 12.9. The molecule has 0 aromatic heterocycles. The fourth-order valence-corrected chi connectivity index (χ4v) is 3.07. The average molecular weight is 433 g/mol. The molecular weight excluding hydrogens is 412 g/mol. The zero-order chi connectivity index (χ0) is 22.2. The van der Waals surface area contributed by atoms with Gasteiger partial charge in [-0.25, -0.2) is 0 Å². The van der Waals surface area contributed by atoms with Crippen LogP contribution in [0.3, 0.4) is 0 Å². The van der Waals surface area contributed by atoms with E-state index in [4.69, 9.17) is 21.1 Å². The first-order valence-electron chi connectivity index (χ1n) is 9.55. The summed E-state index contributed by atoms with van der Waals surface area (Å²) in [5.41, 5.74) is 3.05. The van der Waals surface area contributed by atoms with Crippen molar-refractivity contribution in [2.24, 2.45) is 0 Å². The molecule has 0 aliphatic rings. The van der Waals surface area contributed by atoms with Crippen molar-refractivity contribution in [2.75, 3.05) is 12.4 Å². The minimum atomic E-state index is -0.477. The van der Waals surface area contributed by atoms with Gasteiger partial charge in [-0.1, -0.05) is 54.1 Å². The largest absolute Gasteiger partial charge is 0.493 e. The number of rotatable bonds is 7. The van der Waals surface area contributed by atoms with Crippen LogP contribution in [-0.4, -0.2) is 13.0 Å². The number of halogens is 1. The molecule has 0 atom stereocenters. The first-order chi connectivity index (χ1) is 15.0. The van der Waals surface area contributed by atoms with Crippen LogP contribution in [0.2, 0.25) is 5.02 Å². The molecule has 3 aromatic rings. The van der Waals surface area contributed by atoms with Gasteiger partial charge in [-0.2, -0.15) is 5.26 Å². The Morgan fingerprint density at radius 2 is 1.84 bits per heavy atom. The Labute approximate surface area is 186 Å². The number of hydrogen-bond donors (Lipinski definition) is 1. The molecule has 6 heteroatoms. The number of carbonyl (C=O) groups excluding carboxylic acids is 1. The third kappa shape index (κ3) is 5.65. The minimum Gasteiger partial charge on any atom is -0.493 e. The van der Waals surface area contributed by atoms with Crippen molar-refractivity contribution in [2.45, 2.75) is 13.5 Å². The van der Waals surface area contributed by atoms with Crippen molar-refractivity contribution in [3.63, 3.8) is 0 Å².